The fourth-order valence-electron chi connectivity index (χ4n) is 0.871. The predicted octanol–water partition coefficient (Wildman–Crippen LogP) is 2.16. The van der Waals surface area contributed by atoms with Crippen molar-refractivity contribution in [2.24, 2.45) is 0 Å². The van der Waals surface area contributed by atoms with Crippen molar-refractivity contribution in [1.29, 1.82) is 0 Å². The molecule has 12 heavy (non-hydrogen) atoms. The quantitative estimate of drug-likeness (QED) is 0.490. The molecule has 0 spiro atoms. The Bertz CT molecular complexity index is 289. The summed E-state index contributed by atoms with van der Waals surface area (Å²) in [5.41, 5.74) is 0.949. The minimum atomic E-state index is 0.709. The number of benzene rings is 1. The van der Waals surface area contributed by atoms with E-state index in [2.05, 4.69) is 30.6 Å². The predicted molar refractivity (Wildman–Crippen MR) is 61.7 cm³/mol. The molecule has 1 aromatic carbocycles. The normalized spacial score (nSPS) is 9.58. The van der Waals surface area contributed by atoms with Crippen molar-refractivity contribution in [3.63, 3.8) is 0 Å². The summed E-state index contributed by atoms with van der Waals surface area (Å²) in [6.45, 7) is 0. The average Bonchev–Trinajstić information content (AvgIpc) is 2.01. The highest BCUT2D eigenvalue weighted by molar-refractivity contribution is 7.81. The lowest BCUT2D eigenvalue weighted by atomic mass is 10.2. The van der Waals surface area contributed by atoms with Gasteiger partial charge in [0, 0.05) is 22.4 Å². The van der Waals surface area contributed by atoms with Gasteiger partial charge in [-0.2, -0.15) is 0 Å². The van der Waals surface area contributed by atoms with Gasteiger partial charge in [-0.05, 0) is 18.2 Å². The first-order valence-electron chi connectivity index (χ1n) is 3.38. The second-order valence-corrected chi connectivity index (χ2v) is 3.76. The van der Waals surface area contributed by atoms with E-state index in [1.165, 1.54) is 0 Å². The molecule has 0 fully saturated rings. The molecule has 0 bridgehead atoms. The highest BCUT2D eigenvalue weighted by atomic mass is 32.1. The molecule has 1 N–H and O–H groups in total. The molecule has 0 saturated carbocycles. The van der Waals surface area contributed by atoms with Crippen LogP contribution in [0.4, 0.5) is 0 Å². The average molecular weight is 215 g/mol. The summed E-state index contributed by atoms with van der Waals surface area (Å²) in [4.78, 5) is 2.45. The van der Waals surface area contributed by atoms with Gasteiger partial charge in [-0.3, -0.25) is 0 Å². The van der Waals surface area contributed by atoms with E-state index in [-0.39, 0.29) is 0 Å². The molecule has 0 aliphatic rings. The molecule has 0 aliphatic heterocycles. The van der Waals surface area contributed by atoms with Gasteiger partial charge in [-0.1, -0.05) is 12.2 Å². The second-order valence-electron chi connectivity index (χ2n) is 2.32. The first-order valence-corrected chi connectivity index (χ1v) is 4.69. The van der Waals surface area contributed by atoms with Crippen LogP contribution in [0, 0.1) is 0 Å². The van der Waals surface area contributed by atoms with E-state index >= 15 is 0 Å². The smallest absolute Gasteiger partial charge is 0.106 e. The monoisotopic (exact) mass is 215 g/mol. The Morgan fingerprint density at radius 3 is 2.17 bits per heavy atom. The summed E-state index contributed by atoms with van der Waals surface area (Å²) in [5.74, 6) is 0. The number of hydrogen-bond donors (Lipinski definition) is 3. The first-order chi connectivity index (χ1) is 5.63. The molecule has 1 aromatic rings. The van der Waals surface area contributed by atoms with Gasteiger partial charge < -0.3 is 5.32 Å². The fraction of sp³-hybridized carbons (Fsp3) is 0.125. The van der Waals surface area contributed by atoms with Crippen LogP contribution in [0.2, 0.25) is 0 Å². The molecule has 0 aliphatic carbocycles. The lowest BCUT2D eigenvalue weighted by Gasteiger charge is -2.04. The minimum absolute atomic E-state index is 0.709. The maximum absolute atomic E-state index is 5.06. The SMILES string of the molecule is CNC(=S)c1cc(S)cc(S)c1. The Hall–Kier alpha value is -0.190. The zero-order chi connectivity index (χ0) is 9.14. The zero-order valence-corrected chi connectivity index (χ0v) is 9.14. The van der Waals surface area contributed by atoms with Crippen LogP contribution in [-0.4, -0.2) is 12.0 Å². The van der Waals surface area contributed by atoms with Crippen molar-refractivity contribution in [3.8, 4) is 0 Å². The van der Waals surface area contributed by atoms with Crippen LogP contribution in [0.25, 0.3) is 0 Å². The molecule has 0 heterocycles. The molecule has 4 heteroatoms. The van der Waals surface area contributed by atoms with Crippen LogP contribution in [0.15, 0.2) is 28.0 Å². The molecule has 64 valence electrons. The Morgan fingerprint density at radius 2 is 1.75 bits per heavy atom. The minimum Gasteiger partial charge on any atom is -0.379 e. The highest BCUT2D eigenvalue weighted by Gasteiger charge is 2.00. The Kier molecular flexibility index (Phi) is 3.43. The van der Waals surface area contributed by atoms with Crippen LogP contribution >= 0.6 is 37.5 Å². The van der Waals surface area contributed by atoms with Crippen molar-refractivity contribution in [3.05, 3.63) is 23.8 Å². The van der Waals surface area contributed by atoms with Crippen molar-refractivity contribution in [2.75, 3.05) is 7.05 Å². The number of thiocarbonyl (C=S) groups is 1. The molecule has 0 unspecified atom stereocenters. The standard InChI is InChI=1S/C8H9NS3/c1-9-8(12)5-2-6(10)4-7(11)3-5/h2-4,10-11H,1H3,(H,9,12). The molecule has 1 nitrogen and oxygen atoms in total. The third kappa shape index (κ3) is 2.40. The largest absolute Gasteiger partial charge is 0.379 e. The van der Waals surface area contributed by atoms with E-state index in [1.54, 1.807) is 7.05 Å². The van der Waals surface area contributed by atoms with E-state index in [0.717, 1.165) is 15.4 Å². The Morgan fingerprint density at radius 1 is 1.25 bits per heavy atom. The van der Waals surface area contributed by atoms with Crippen molar-refractivity contribution >= 4 is 42.5 Å². The van der Waals surface area contributed by atoms with Crippen LogP contribution in [0.5, 0.6) is 0 Å². The third-order valence-electron chi connectivity index (χ3n) is 1.39. The van der Waals surface area contributed by atoms with Gasteiger partial charge in [0.15, 0.2) is 0 Å². The van der Waals surface area contributed by atoms with Crippen molar-refractivity contribution in [2.45, 2.75) is 9.79 Å². The van der Waals surface area contributed by atoms with E-state index in [0.29, 0.717) is 4.99 Å². The first kappa shape index (κ1) is 9.89. The van der Waals surface area contributed by atoms with Crippen LogP contribution in [0.3, 0.4) is 0 Å². The summed E-state index contributed by atoms with van der Waals surface area (Å²) in [6, 6.07) is 5.68. The van der Waals surface area contributed by atoms with Gasteiger partial charge in [0.1, 0.15) is 4.99 Å². The van der Waals surface area contributed by atoms with Gasteiger partial charge >= 0.3 is 0 Å². The molecule has 0 atom stereocenters. The van der Waals surface area contributed by atoms with Gasteiger partial charge in [0.05, 0.1) is 0 Å². The second kappa shape index (κ2) is 4.16. The summed E-state index contributed by atoms with van der Waals surface area (Å²) in [6.07, 6.45) is 0. The summed E-state index contributed by atoms with van der Waals surface area (Å²) in [5, 5.41) is 2.90. The maximum atomic E-state index is 5.06. The van der Waals surface area contributed by atoms with E-state index in [9.17, 15) is 0 Å². The Balaban J connectivity index is 3.08. The van der Waals surface area contributed by atoms with Crippen molar-refractivity contribution in [1.82, 2.24) is 5.32 Å². The highest BCUT2D eigenvalue weighted by Crippen LogP contribution is 2.16. The zero-order valence-electron chi connectivity index (χ0n) is 6.53. The summed E-state index contributed by atoms with van der Waals surface area (Å²) in [7, 11) is 1.80. The lowest BCUT2D eigenvalue weighted by molar-refractivity contribution is 1.19. The fourth-order valence-corrected chi connectivity index (χ4v) is 1.65. The van der Waals surface area contributed by atoms with Crippen molar-refractivity contribution < 1.29 is 0 Å². The number of nitrogens with one attached hydrogen (secondary N) is 1. The molecular formula is C8H9NS3. The summed E-state index contributed by atoms with van der Waals surface area (Å²) < 4.78 is 0. The van der Waals surface area contributed by atoms with Crippen LogP contribution < -0.4 is 5.32 Å². The third-order valence-corrected chi connectivity index (χ3v) is 2.35. The lowest BCUT2D eigenvalue weighted by Crippen LogP contribution is -2.16. The molecule has 0 aromatic heterocycles. The number of hydrogen-bond acceptors (Lipinski definition) is 3. The topological polar surface area (TPSA) is 12.0 Å². The molecule has 1 rings (SSSR count). The summed E-state index contributed by atoms with van der Waals surface area (Å²) >= 11 is 13.5. The van der Waals surface area contributed by atoms with Gasteiger partial charge in [-0.15, -0.1) is 25.3 Å². The van der Waals surface area contributed by atoms with Crippen LogP contribution in [0.1, 0.15) is 5.56 Å². The number of thiol groups is 2. The molecule has 0 saturated heterocycles. The number of rotatable bonds is 1. The van der Waals surface area contributed by atoms with Gasteiger partial charge in [-0.25, -0.2) is 0 Å². The van der Waals surface area contributed by atoms with E-state index < -0.39 is 0 Å². The molecule has 0 radical (unpaired) electrons. The maximum Gasteiger partial charge on any atom is 0.106 e. The molecule has 0 amide bonds. The van der Waals surface area contributed by atoms with Gasteiger partial charge in [0.25, 0.3) is 0 Å². The van der Waals surface area contributed by atoms with Crippen LogP contribution in [-0.2, 0) is 0 Å². The van der Waals surface area contributed by atoms with E-state index in [4.69, 9.17) is 12.2 Å². The molecular weight excluding hydrogens is 206 g/mol. The van der Waals surface area contributed by atoms with E-state index in [1.807, 2.05) is 18.2 Å². The Labute approximate surface area is 88.4 Å². The van der Waals surface area contributed by atoms with Gasteiger partial charge in [0.2, 0.25) is 0 Å².